The Bertz CT molecular complexity index is 1730. The van der Waals surface area contributed by atoms with Gasteiger partial charge in [0.15, 0.2) is 19.7 Å². The maximum atomic E-state index is 13.4. The van der Waals surface area contributed by atoms with Crippen LogP contribution in [0.15, 0.2) is 87.5 Å². The van der Waals surface area contributed by atoms with Gasteiger partial charge in [0.1, 0.15) is 0 Å². The zero-order valence-corrected chi connectivity index (χ0v) is 24.5. The lowest BCUT2D eigenvalue weighted by Gasteiger charge is -2.22. The molecule has 3 rings (SSSR count). The van der Waals surface area contributed by atoms with Gasteiger partial charge in [-0.25, -0.2) is 25.3 Å². The third kappa shape index (κ3) is 8.37. The van der Waals surface area contributed by atoms with E-state index in [0.717, 1.165) is 77.1 Å². The van der Waals surface area contributed by atoms with Crippen molar-refractivity contribution in [1.29, 1.82) is 0 Å². The number of hydrogen-bond acceptors (Lipinski definition) is 12. The average molecular weight is 657 g/mol. The van der Waals surface area contributed by atoms with Gasteiger partial charge in [0.05, 0.1) is 41.0 Å². The van der Waals surface area contributed by atoms with Crippen molar-refractivity contribution >= 4 is 46.8 Å². The van der Waals surface area contributed by atoms with E-state index in [2.05, 4.69) is 0 Å². The third-order valence-corrected chi connectivity index (χ3v) is 11.7. The van der Waals surface area contributed by atoms with E-state index >= 15 is 0 Å². The number of hydrogen-bond donors (Lipinski definition) is 0. The first-order valence-electron chi connectivity index (χ1n) is 12.2. The lowest BCUT2D eigenvalue weighted by molar-refractivity contribution is -0.385. The molecule has 0 heterocycles. The lowest BCUT2D eigenvalue weighted by atomic mass is 10.3. The molecule has 0 aliphatic carbocycles. The summed E-state index contributed by atoms with van der Waals surface area (Å²) in [4.78, 5) is 29.8. The van der Waals surface area contributed by atoms with Gasteiger partial charge in [0.25, 0.3) is 17.1 Å². The van der Waals surface area contributed by atoms with Gasteiger partial charge in [-0.1, -0.05) is 0 Å². The van der Waals surface area contributed by atoms with E-state index in [4.69, 9.17) is 0 Å². The van der Waals surface area contributed by atoms with Gasteiger partial charge in [-0.3, -0.25) is 30.3 Å². The summed E-state index contributed by atoms with van der Waals surface area (Å²) in [6.45, 7) is -0.744. The highest BCUT2D eigenvalue weighted by Gasteiger charge is 2.27. The van der Waals surface area contributed by atoms with E-state index in [0.29, 0.717) is 0 Å². The quantitative estimate of drug-likeness (QED) is 0.169. The molecule has 0 bridgehead atoms. The second kappa shape index (κ2) is 13.3. The second-order valence-electron chi connectivity index (χ2n) is 9.00. The van der Waals surface area contributed by atoms with Crippen LogP contribution < -0.4 is 0 Å². The molecule has 0 radical (unpaired) electrons. The molecule has 3 aromatic carbocycles. The van der Waals surface area contributed by atoms with Crippen LogP contribution in [0.25, 0.3) is 0 Å². The molecule has 16 nitrogen and oxygen atoms in total. The molecule has 0 aromatic heterocycles. The molecule has 0 saturated carbocycles. The molecule has 0 unspecified atom stereocenters. The van der Waals surface area contributed by atoms with Crippen LogP contribution >= 0.6 is 0 Å². The molecule has 3 aromatic rings. The number of benzene rings is 3. The summed E-state index contributed by atoms with van der Waals surface area (Å²) >= 11 is 0. The number of nitrogens with zero attached hydrogens (tertiary/aromatic N) is 4. The van der Waals surface area contributed by atoms with Gasteiger partial charge in [-0.05, 0) is 49.2 Å². The minimum atomic E-state index is -4.37. The van der Waals surface area contributed by atoms with Crippen molar-refractivity contribution in [3.8, 4) is 0 Å². The minimum absolute atomic E-state index is 0.211. The molecule has 0 spiro atoms. The predicted octanol–water partition coefficient (Wildman–Crippen LogP) is 3.13. The van der Waals surface area contributed by atoms with Crippen LogP contribution in [-0.2, 0) is 29.7 Å². The van der Waals surface area contributed by atoms with E-state index in [1.807, 2.05) is 0 Å². The van der Waals surface area contributed by atoms with E-state index in [9.17, 15) is 55.6 Å². The van der Waals surface area contributed by atoms with Crippen LogP contribution in [-0.4, -0.2) is 68.9 Å². The van der Waals surface area contributed by atoms with Crippen LogP contribution in [0, 0.1) is 30.3 Å². The lowest BCUT2D eigenvalue weighted by Crippen LogP contribution is -2.34. The zero-order chi connectivity index (χ0) is 32.0. The Balaban J connectivity index is 1.78. The van der Waals surface area contributed by atoms with E-state index in [1.54, 1.807) is 0 Å². The van der Waals surface area contributed by atoms with E-state index in [-0.39, 0.29) is 57.7 Å². The Labute approximate surface area is 245 Å². The van der Waals surface area contributed by atoms with Gasteiger partial charge in [-0.15, -0.1) is 0 Å². The number of non-ortho nitro benzene ring substituents is 3. The molecule has 0 atom stereocenters. The summed E-state index contributed by atoms with van der Waals surface area (Å²) in [5.74, 6) is -1.09. The summed E-state index contributed by atoms with van der Waals surface area (Å²) in [5, 5.41) is 32.6. The maximum Gasteiger partial charge on any atom is 0.269 e. The topological polar surface area (TPSA) is 235 Å². The third-order valence-electron chi connectivity index (χ3n) is 6.14. The molecular formula is C24H24N4O12S3. The van der Waals surface area contributed by atoms with Crippen molar-refractivity contribution in [3.63, 3.8) is 0 Å². The normalized spacial score (nSPS) is 12.2. The van der Waals surface area contributed by atoms with E-state index < -0.39 is 56.0 Å². The van der Waals surface area contributed by atoms with Crippen molar-refractivity contribution in [2.45, 2.75) is 27.5 Å². The number of sulfonamides is 1. The molecule has 19 heteroatoms. The average Bonchev–Trinajstić information content (AvgIpc) is 2.96. The summed E-state index contributed by atoms with van der Waals surface area (Å²) in [6, 6.07) is 12.3. The molecule has 230 valence electrons. The van der Waals surface area contributed by atoms with Crippen LogP contribution in [0.4, 0.5) is 17.1 Å². The molecular weight excluding hydrogens is 632 g/mol. The molecule has 0 aliphatic rings. The van der Waals surface area contributed by atoms with Crippen molar-refractivity contribution in [3.05, 3.63) is 103 Å². The van der Waals surface area contributed by atoms with Crippen LogP contribution in [0.5, 0.6) is 0 Å². The first-order valence-corrected chi connectivity index (χ1v) is 17.0. The van der Waals surface area contributed by atoms with Gasteiger partial charge in [0.2, 0.25) is 10.0 Å². The molecule has 0 saturated heterocycles. The zero-order valence-electron chi connectivity index (χ0n) is 22.1. The van der Waals surface area contributed by atoms with E-state index in [1.165, 1.54) is 0 Å². The van der Waals surface area contributed by atoms with Crippen molar-refractivity contribution < 1.29 is 40.0 Å². The maximum absolute atomic E-state index is 13.4. The fourth-order valence-corrected chi connectivity index (χ4v) is 8.00. The summed E-state index contributed by atoms with van der Waals surface area (Å²) in [5.41, 5.74) is -1.00. The molecule has 0 N–H and O–H groups in total. The molecule has 0 aliphatic heterocycles. The molecule has 43 heavy (non-hydrogen) atoms. The Kier molecular flexibility index (Phi) is 10.3. The second-order valence-corrected chi connectivity index (χ2v) is 15.2. The Morgan fingerprint density at radius 1 is 0.488 bits per heavy atom. The summed E-state index contributed by atoms with van der Waals surface area (Å²) in [7, 11) is -12.3. The number of rotatable bonds is 15. The van der Waals surface area contributed by atoms with Crippen molar-refractivity contribution in [1.82, 2.24) is 4.31 Å². The number of nitro groups is 3. The Hall–Kier alpha value is -4.33. The standard InChI is InChI=1S/C24H24N4O12S3/c29-26(30)19-3-9-22(10-4-19)41(35,36)17-1-15-25(43(39,40)24-13-7-21(8-14-24)28(33)34)16-2-18-42(37,38)23-11-5-20(6-12-23)27(31)32/h3-14H,1-2,15-18H2. The van der Waals surface area contributed by atoms with Gasteiger partial charge >= 0.3 is 0 Å². The fraction of sp³-hybridized carbons (Fsp3) is 0.250. The van der Waals surface area contributed by atoms with Crippen LogP contribution in [0.1, 0.15) is 12.8 Å². The first kappa shape index (κ1) is 33.2. The van der Waals surface area contributed by atoms with Crippen LogP contribution in [0.2, 0.25) is 0 Å². The highest BCUT2D eigenvalue weighted by atomic mass is 32.2. The number of nitro benzene ring substituents is 3. The predicted molar refractivity (Wildman–Crippen MR) is 151 cm³/mol. The Morgan fingerprint density at radius 3 is 1.05 bits per heavy atom. The SMILES string of the molecule is O=[N+]([O-])c1ccc(S(=O)(=O)CCCN(CCCS(=O)(=O)c2ccc([N+](=O)[O-])cc2)S(=O)(=O)c2ccc([N+](=O)[O-])cc2)cc1. The first-order chi connectivity index (χ1) is 20.0. The smallest absolute Gasteiger partial charge is 0.258 e. The van der Waals surface area contributed by atoms with Gasteiger partial charge in [0, 0.05) is 49.5 Å². The number of sulfone groups is 2. The fourth-order valence-electron chi connectivity index (χ4n) is 3.89. The van der Waals surface area contributed by atoms with Gasteiger partial charge in [-0.2, -0.15) is 4.31 Å². The largest absolute Gasteiger partial charge is 0.269 e. The van der Waals surface area contributed by atoms with Crippen molar-refractivity contribution in [2.75, 3.05) is 24.6 Å². The monoisotopic (exact) mass is 656 g/mol. The Morgan fingerprint density at radius 2 is 0.767 bits per heavy atom. The van der Waals surface area contributed by atoms with Crippen molar-refractivity contribution in [2.24, 2.45) is 0 Å². The highest BCUT2D eigenvalue weighted by molar-refractivity contribution is 7.91. The minimum Gasteiger partial charge on any atom is -0.258 e. The highest BCUT2D eigenvalue weighted by Crippen LogP contribution is 2.23. The molecule has 0 amide bonds. The molecule has 0 fully saturated rings. The summed E-state index contributed by atoms with van der Waals surface area (Å²) in [6.07, 6.45) is -0.471. The summed E-state index contributed by atoms with van der Waals surface area (Å²) < 4.78 is 78.7. The van der Waals surface area contributed by atoms with Gasteiger partial charge < -0.3 is 0 Å². The van der Waals surface area contributed by atoms with Crippen LogP contribution in [0.3, 0.4) is 0 Å².